The maximum Gasteiger partial charge on any atom is 0.330 e. The Morgan fingerprint density at radius 3 is 2.60 bits per heavy atom. The maximum atomic E-state index is 15.2. The molecule has 3 N–H and O–H groups in total. The number of aromatic nitrogens is 3. The van der Waals surface area contributed by atoms with Crippen LogP contribution in [-0.4, -0.2) is 45.6 Å². The van der Waals surface area contributed by atoms with Gasteiger partial charge < -0.3 is 25.3 Å². The van der Waals surface area contributed by atoms with Gasteiger partial charge in [-0.25, -0.2) is 14.2 Å². The van der Waals surface area contributed by atoms with Gasteiger partial charge in [0.2, 0.25) is 11.8 Å². The van der Waals surface area contributed by atoms with Crippen LogP contribution in [0.3, 0.4) is 0 Å². The van der Waals surface area contributed by atoms with Gasteiger partial charge in [-0.2, -0.15) is 0 Å². The Morgan fingerprint density at radius 2 is 1.87 bits per heavy atom. The van der Waals surface area contributed by atoms with Crippen molar-refractivity contribution in [1.29, 1.82) is 0 Å². The number of aryl methyl sites for hydroxylation is 2. The molecule has 1 fully saturated rings. The van der Waals surface area contributed by atoms with Gasteiger partial charge in [-0.15, -0.1) is 0 Å². The number of hydrogen-bond acceptors (Lipinski definition) is 7. The third kappa shape index (κ3) is 5.94. The Hall–Kier alpha value is -4.81. The van der Waals surface area contributed by atoms with E-state index in [1.165, 1.54) is 20.2 Å². The second kappa shape index (κ2) is 12.8. The first-order chi connectivity index (χ1) is 22.5. The van der Waals surface area contributed by atoms with Gasteiger partial charge in [-0.3, -0.25) is 19.0 Å². The van der Waals surface area contributed by atoms with Crippen LogP contribution in [0.25, 0.3) is 22.4 Å². The molecule has 2 amide bonds. The number of amides is 2. The van der Waals surface area contributed by atoms with E-state index < -0.39 is 23.0 Å². The van der Waals surface area contributed by atoms with Crippen LogP contribution in [0.15, 0.2) is 52.2 Å². The monoisotopic (exact) mass is 660 g/mol. The van der Waals surface area contributed by atoms with Crippen LogP contribution < -0.4 is 31.9 Å². The molecule has 3 heterocycles. The zero-order valence-electron chi connectivity index (χ0n) is 26.4. The van der Waals surface area contributed by atoms with Gasteiger partial charge in [0, 0.05) is 62.0 Å². The zero-order valence-corrected chi connectivity index (χ0v) is 27.1. The number of benzene rings is 2. The van der Waals surface area contributed by atoms with E-state index in [1.54, 1.807) is 26.2 Å². The quantitative estimate of drug-likeness (QED) is 0.260. The molecule has 244 valence electrons. The van der Waals surface area contributed by atoms with Gasteiger partial charge in [-0.1, -0.05) is 35.9 Å². The van der Waals surface area contributed by atoms with Crippen LogP contribution in [0.1, 0.15) is 52.4 Å². The van der Waals surface area contributed by atoms with Crippen LogP contribution in [0, 0.1) is 12.7 Å². The number of fused-ring (bicyclic) bond motifs is 1. The summed E-state index contributed by atoms with van der Waals surface area (Å²) in [7, 11) is 4.27. The number of methoxy groups -OCH3 is 1. The summed E-state index contributed by atoms with van der Waals surface area (Å²) in [5.41, 5.74) is 3.11. The highest BCUT2D eigenvalue weighted by atomic mass is 35.5. The average Bonchev–Trinajstić information content (AvgIpc) is 3.68. The van der Waals surface area contributed by atoms with E-state index in [0.29, 0.717) is 51.8 Å². The van der Waals surface area contributed by atoms with E-state index in [1.807, 2.05) is 18.2 Å². The first kappa shape index (κ1) is 32.1. The fraction of sp³-hybridized carbons (Fsp3) is 0.324. The molecule has 0 bridgehead atoms. The number of rotatable bonds is 8. The number of carbonyl (C=O) groups excluding carboxylic acids is 2. The molecule has 11 nitrogen and oxygen atoms in total. The van der Waals surface area contributed by atoms with E-state index in [-0.39, 0.29) is 29.2 Å². The number of ether oxygens (including phenoxy) is 1. The summed E-state index contributed by atoms with van der Waals surface area (Å²) >= 11 is 7.04. The molecular formula is C34H34ClFN6O5. The van der Waals surface area contributed by atoms with Crippen LogP contribution in [-0.2, 0) is 25.3 Å². The molecule has 1 aliphatic carbocycles. The smallest absolute Gasteiger partial charge is 0.330 e. The molecule has 47 heavy (non-hydrogen) atoms. The predicted octanol–water partition coefficient (Wildman–Crippen LogP) is 4.03. The second-order valence-corrected chi connectivity index (χ2v) is 12.3. The molecule has 2 aromatic heterocycles. The SMILES string of the molecule is COc1nc(-c2cccc(-c3ccc(F)c(NC(=O)c4cn(C)c(=O)n(C)c4=O)c3C)c2Cl)cc2c1[C@@H](NC[C@@H]1CCC(=O)N1)CC2. The summed E-state index contributed by atoms with van der Waals surface area (Å²) in [5.74, 6) is -0.971. The van der Waals surface area contributed by atoms with Gasteiger partial charge in [0.1, 0.15) is 11.4 Å². The Balaban J connectivity index is 1.31. The van der Waals surface area contributed by atoms with Crippen LogP contribution in [0.4, 0.5) is 10.1 Å². The molecule has 6 rings (SSSR count). The molecular weight excluding hydrogens is 627 g/mol. The van der Waals surface area contributed by atoms with E-state index in [2.05, 4.69) is 16.0 Å². The Morgan fingerprint density at radius 1 is 1.11 bits per heavy atom. The largest absolute Gasteiger partial charge is 0.481 e. The van der Waals surface area contributed by atoms with Crippen molar-refractivity contribution in [2.45, 2.75) is 44.7 Å². The minimum Gasteiger partial charge on any atom is -0.481 e. The van der Waals surface area contributed by atoms with Crippen molar-refractivity contribution in [3.8, 4) is 28.3 Å². The second-order valence-electron chi connectivity index (χ2n) is 11.9. The molecule has 0 saturated carbocycles. The predicted molar refractivity (Wildman–Crippen MR) is 176 cm³/mol. The number of carbonyl (C=O) groups is 2. The standard InChI is InChI=1S/C34H34ClFN6O5/c1-17-20(10-11-24(36)30(17)40-31(44)23-16-41(2)34(46)42(3)33(23)45)21-6-5-7-22(29(21)35)26-14-18-8-12-25(28(18)32(39-26)47-4)37-15-19-9-13-27(43)38-19/h5-7,10-11,14,16,19,25,37H,8-9,12-13,15H2,1-4H3,(H,38,43)(H,40,44)/t19-,25-/m0/s1. The molecule has 2 aromatic carbocycles. The molecule has 13 heteroatoms. The van der Waals surface area contributed by atoms with Crippen LogP contribution in [0.2, 0.25) is 5.02 Å². The highest BCUT2D eigenvalue weighted by Gasteiger charge is 2.30. The van der Waals surface area contributed by atoms with Crippen LogP contribution in [0.5, 0.6) is 5.88 Å². The zero-order chi connectivity index (χ0) is 33.6. The highest BCUT2D eigenvalue weighted by molar-refractivity contribution is 6.36. The first-order valence-electron chi connectivity index (χ1n) is 15.2. The lowest BCUT2D eigenvalue weighted by molar-refractivity contribution is -0.119. The lowest BCUT2D eigenvalue weighted by Gasteiger charge is -2.20. The normalized spacial score (nSPS) is 17.0. The topological polar surface area (TPSA) is 136 Å². The summed E-state index contributed by atoms with van der Waals surface area (Å²) in [4.78, 5) is 54.3. The molecule has 2 aliphatic rings. The molecule has 1 aliphatic heterocycles. The van der Waals surface area contributed by atoms with Crippen molar-refractivity contribution in [2.24, 2.45) is 14.1 Å². The van der Waals surface area contributed by atoms with Crippen molar-refractivity contribution >= 4 is 29.1 Å². The number of anilines is 1. The van der Waals surface area contributed by atoms with Gasteiger partial charge in [-0.05, 0) is 55.0 Å². The van der Waals surface area contributed by atoms with Gasteiger partial charge in [0.25, 0.3) is 11.5 Å². The van der Waals surface area contributed by atoms with Crippen molar-refractivity contribution in [2.75, 3.05) is 19.0 Å². The van der Waals surface area contributed by atoms with Gasteiger partial charge >= 0.3 is 5.69 Å². The van der Waals surface area contributed by atoms with E-state index in [0.717, 1.165) is 45.7 Å². The van der Waals surface area contributed by atoms with E-state index in [4.69, 9.17) is 21.3 Å². The summed E-state index contributed by atoms with van der Waals surface area (Å²) in [6.07, 6.45) is 4.16. The number of pyridine rings is 1. The molecule has 4 aromatic rings. The maximum absolute atomic E-state index is 15.2. The summed E-state index contributed by atoms with van der Waals surface area (Å²) in [6, 6.07) is 10.4. The molecule has 0 spiro atoms. The average molecular weight is 661 g/mol. The molecule has 2 atom stereocenters. The number of hydrogen-bond donors (Lipinski definition) is 3. The van der Waals surface area contributed by atoms with Crippen molar-refractivity contribution in [3.05, 3.63) is 96.5 Å². The van der Waals surface area contributed by atoms with Crippen molar-refractivity contribution < 1.29 is 18.7 Å². The van der Waals surface area contributed by atoms with Crippen molar-refractivity contribution in [3.63, 3.8) is 0 Å². The van der Waals surface area contributed by atoms with E-state index >= 15 is 4.39 Å². The highest BCUT2D eigenvalue weighted by Crippen LogP contribution is 2.43. The Kier molecular flexibility index (Phi) is 8.73. The van der Waals surface area contributed by atoms with Gasteiger partial charge in [0.15, 0.2) is 0 Å². The number of nitrogens with one attached hydrogen (secondary N) is 3. The Bertz CT molecular complexity index is 2060. The molecule has 0 unspecified atom stereocenters. The summed E-state index contributed by atoms with van der Waals surface area (Å²) in [6.45, 7) is 2.31. The Labute approximate surface area is 274 Å². The summed E-state index contributed by atoms with van der Waals surface area (Å²) < 4.78 is 22.8. The molecule has 0 radical (unpaired) electrons. The molecule has 1 saturated heterocycles. The lowest BCUT2D eigenvalue weighted by atomic mass is 9.95. The minimum atomic E-state index is -0.851. The first-order valence-corrected chi connectivity index (χ1v) is 15.6. The lowest BCUT2D eigenvalue weighted by Crippen LogP contribution is -2.40. The number of nitrogens with zero attached hydrogens (tertiary/aromatic N) is 3. The fourth-order valence-electron chi connectivity index (χ4n) is 6.43. The minimum absolute atomic E-state index is 0.0391. The van der Waals surface area contributed by atoms with Crippen molar-refractivity contribution in [1.82, 2.24) is 24.8 Å². The third-order valence-electron chi connectivity index (χ3n) is 8.96. The number of halogens is 2. The van der Waals surface area contributed by atoms with Crippen LogP contribution >= 0.6 is 11.6 Å². The third-order valence-corrected chi connectivity index (χ3v) is 9.36. The fourth-order valence-corrected chi connectivity index (χ4v) is 6.75. The van der Waals surface area contributed by atoms with E-state index in [9.17, 15) is 19.2 Å². The summed E-state index contributed by atoms with van der Waals surface area (Å²) in [5, 5.41) is 9.47. The van der Waals surface area contributed by atoms with Gasteiger partial charge in [0.05, 0.1) is 23.5 Å².